The van der Waals surface area contributed by atoms with Crippen molar-refractivity contribution < 1.29 is 19.0 Å². The van der Waals surface area contributed by atoms with Gasteiger partial charge in [0.15, 0.2) is 17.2 Å². The van der Waals surface area contributed by atoms with Crippen molar-refractivity contribution in [3.8, 4) is 11.5 Å². The minimum Gasteiger partial charge on any atom is -0.493 e. The predicted molar refractivity (Wildman–Crippen MR) is 97.7 cm³/mol. The van der Waals surface area contributed by atoms with Crippen molar-refractivity contribution >= 4 is 11.7 Å². The molecule has 2 rings (SSSR count). The van der Waals surface area contributed by atoms with Crippen molar-refractivity contribution in [2.24, 2.45) is 0 Å². The van der Waals surface area contributed by atoms with Gasteiger partial charge in [0.25, 0.3) is 5.91 Å². The highest BCUT2D eigenvalue weighted by Crippen LogP contribution is 2.27. The van der Waals surface area contributed by atoms with E-state index in [1.54, 1.807) is 39.5 Å². The number of carbonyl (C=O) groups excluding carboxylic acids is 1. The first-order valence-electron chi connectivity index (χ1n) is 8.23. The van der Waals surface area contributed by atoms with Gasteiger partial charge in [-0.2, -0.15) is 0 Å². The summed E-state index contributed by atoms with van der Waals surface area (Å²) in [6.45, 7) is 1.75. The third-order valence-corrected chi connectivity index (χ3v) is 3.63. The molecule has 8 nitrogen and oxygen atoms in total. The normalized spacial score (nSPS) is 10.3. The maximum Gasteiger partial charge on any atom is 0.272 e. The lowest BCUT2D eigenvalue weighted by atomic mass is 10.2. The van der Waals surface area contributed by atoms with Crippen LogP contribution < -0.4 is 20.1 Å². The zero-order valence-corrected chi connectivity index (χ0v) is 15.2. The van der Waals surface area contributed by atoms with Crippen LogP contribution in [0.15, 0.2) is 30.3 Å². The number of amides is 1. The van der Waals surface area contributed by atoms with E-state index >= 15 is 0 Å². The van der Waals surface area contributed by atoms with Crippen LogP contribution in [0.25, 0.3) is 0 Å². The summed E-state index contributed by atoms with van der Waals surface area (Å²) in [7, 11) is 4.81. The molecule has 140 valence electrons. The average Bonchev–Trinajstić information content (AvgIpc) is 2.69. The van der Waals surface area contributed by atoms with Crippen molar-refractivity contribution in [2.45, 2.75) is 13.0 Å². The van der Waals surface area contributed by atoms with Gasteiger partial charge in [0, 0.05) is 26.8 Å². The van der Waals surface area contributed by atoms with Gasteiger partial charge in [-0.1, -0.05) is 6.07 Å². The van der Waals surface area contributed by atoms with Crippen LogP contribution in [-0.4, -0.2) is 50.6 Å². The smallest absolute Gasteiger partial charge is 0.272 e. The highest BCUT2D eigenvalue weighted by atomic mass is 16.5. The molecule has 2 N–H and O–H groups in total. The minimum absolute atomic E-state index is 0.257. The number of hydrogen-bond donors (Lipinski definition) is 2. The van der Waals surface area contributed by atoms with Gasteiger partial charge in [-0.05, 0) is 36.2 Å². The lowest BCUT2D eigenvalue weighted by molar-refractivity contribution is 0.0945. The number of nitrogens with one attached hydrogen (secondary N) is 2. The van der Waals surface area contributed by atoms with E-state index in [4.69, 9.17) is 14.2 Å². The number of benzene rings is 1. The monoisotopic (exact) mass is 360 g/mol. The zero-order valence-electron chi connectivity index (χ0n) is 15.2. The Morgan fingerprint density at radius 2 is 1.85 bits per heavy atom. The van der Waals surface area contributed by atoms with E-state index in [-0.39, 0.29) is 11.6 Å². The van der Waals surface area contributed by atoms with Crippen molar-refractivity contribution in [3.63, 3.8) is 0 Å². The second-order valence-corrected chi connectivity index (χ2v) is 5.45. The number of methoxy groups -OCH3 is 3. The second kappa shape index (κ2) is 10.2. The van der Waals surface area contributed by atoms with Gasteiger partial charge in [-0.3, -0.25) is 4.79 Å². The Hall–Kier alpha value is -2.87. The van der Waals surface area contributed by atoms with Gasteiger partial charge in [-0.15, -0.1) is 10.2 Å². The second-order valence-electron chi connectivity index (χ2n) is 5.45. The van der Waals surface area contributed by atoms with Crippen molar-refractivity contribution in [3.05, 3.63) is 41.6 Å². The molecule has 1 aromatic carbocycles. The molecule has 0 aliphatic heterocycles. The van der Waals surface area contributed by atoms with Crippen LogP contribution in [0, 0.1) is 0 Å². The fourth-order valence-corrected chi connectivity index (χ4v) is 2.24. The van der Waals surface area contributed by atoms with E-state index < -0.39 is 0 Å². The molecule has 0 atom stereocenters. The first-order chi connectivity index (χ1) is 12.7. The van der Waals surface area contributed by atoms with Crippen molar-refractivity contribution in [1.29, 1.82) is 0 Å². The molecule has 0 saturated heterocycles. The standard InChI is InChI=1S/C18H24N4O4/c1-24-10-4-9-19-17-8-6-14(21-22-17)18(23)20-12-13-5-7-15(25-2)16(11-13)26-3/h5-8,11H,4,9-10,12H2,1-3H3,(H,19,22)(H,20,23). The van der Waals surface area contributed by atoms with Crippen LogP contribution >= 0.6 is 0 Å². The maximum atomic E-state index is 12.2. The number of aromatic nitrogens is 2. The van der Waals surface area contributed by atoms with Gasteiger partial charge in [0.05, 0.1) is 14.2 Å². The number of hydrogen-bond acceptors (Lipinski definition) is 7. The van der Waals surface area contributed by atoms with Gasteiger partial charge in [0.2, 0.25) is 0 Å². The van der Waals surface area contributed by atoms with Crippen LogP contribution in [-0.2, 0) is 11.3 Å². The highest BCUT2D eigenvalue weighted by Gasteiger charge is 2.09. The molecule has 0 aliphatic rings. The number of nitrogens with zero attached hydrogens (tertiary/aromatic N) is 2. The average molecular weight is 360 g/mol. The summed E-state index contributed by atoms with van der Waals surface area (Å²) >= 11 is 0. The fourth-order valence-electron chi connectivity index (χ4n) is 2.24. The van der Waals surface area contributed by atoms with E-state index in [0.717, 1.165) is 18.5 Å². The summed E-state index contributed by atoms with van der Waals surface area (Å²) in [5, 5.41) is 13.9. The van der Waals surface area contributed by atoms with Crippen LogP contribution in [0.5, 0.6) is 11.5 Å². The molecule has 0 spiro atoms. The highest BCUT2D eigenvalue weighted by molar-refractivity contribution is 5.92. The van der Waals surface area contributed by atoms with Crippen LogP contribution in [0.4, 0.5) is 5.82 Å². The van der Waals surface area contributed by atoms with Gasteiger partial charge < -0.3 is 24.8 Å². The molecule has 26 heavy (non-hydrogen) atoms. The molecule has 0 unspecified atom stereocenters. The minimum atomic E-state index is -0.293. The number of carbonyl (C=O) groups is 1. The van der Waals surface area contributed by atoms with Gasteiger partial charge in [0.1, 0.15) is 5.82 Å². The lowest BCUT2D eigenvalue weighted by Gasteiger charge is -2.10. The molecule has 0 fully saturated rings. The number of ether oxygens (including phenoxy) is 3. The summed E-state index contributed by atoms with van der Waals surface area (Å²) in [6, 6.07) is 8.84. The van der Waals surface area contributed by atoms with Gasteiger partial charge in [-0.25, -0.2) is 0 Å². The quantitative estimate of drug-likeness (QED) is 0.625. The Morgan fingerprint density at radius 3 is 2.50 bits per heavy atom. The third kappa shape index (κ3) is 5.59. The Kier molecular flexibility index (Phi) is 7.63. The number of rotatable bonds is 10. The Bertz CT molecular complexity index is 707. The summed E-state index contributed by atoms with van der Waals surface area (Å²) in [5.74, 6) is 1.58. The first kappa shape index (κ1) is 19.5. The molecule has 1 aromatic heterocycles. The summed E-state index contributed by atoms with van der Waals surface area (Å²) in [4.78, 5) is 12.2. The maximum absolute atomic E-state index is 12.2. The van der Waals surface area contributed by atoms with E-state index in [0.29, 0.717) is 30.5 Å². The molecular formula is C18H24N4O4. The molecule has 1 amide bonds. The van der Waals surface area contributed by atoms with Crippen LogP contribution in [0.3, 0.4) is 0 Å². The SMILES string of the molecule is COCCCNc1ccc(C(=O)NCc2ccc(OC)c(OC)c2)nn1. The van der Waals surface area contributed by atoms with Crippen LogP contribution in [0.2, 0.25) is 0 Å². The molecule has 0 saturated carbocycles. The molecule has 0 radical (unpaired) electrons. The fraction of sp³-hybridized carbons (Fsp3) is 0.389. The Morgan fingerprint density at radius 1 is 1.04 bits per heavy atom. The molecule has 2 aromatic rings. The predicted octanol–water partition coefficient (Wildman–Crippen LogP) is 1.87. The summed E-state index contributed by atoms with van der Waals surface area (Å²) in [6.07, 6.45) is 0.867. The molecule has 0 bridgehead atoms. The Balaban J connectivity index is 1.87. The van der Waals surface area contributed by atoms with E-state index in [1.165, 1.54) is 0 Å². The van der Waals surface area contributed by atoms with Crippen molar-refractivity contribution in [2.75, 3.05) is 39.8 Å². The van der Waals surface area contributed by atoms with E-state index in [9.17, 15) is 4.79 Å². The largest absolute Gasteiger partial charge is 0.493 e. The molecule has 0 aliphatic carbocycles. The Labute approximate surface area is 152 Å². The van der Waals surface area contributed by atoms with E-state index in [1.807, 2.05) is 12.1 Å². The molecular weight excluding hydrogens is 336 g/mol. The summed E-state index contributed by atoms with van der Waals surface area (Å²) < 4.78 is 15.4. The first-order valence-corrected chi connectivity index (χ1v) is 8.23. The van der Waals surface area contributed by atoms with E-state index in [2.05, 4.69) is 20.8 Å². The lowest BCUT2D eigenvalue weighted by Crippen LogP contribution is -2.24. The molecule has 1 heterocycles. The zero-order chi connectivity index (χ0) is 18.8. The van der Waals surface area contributed by atoms with Crippen LogP contribution in [0.1, 0.15) is 22.5 Å². The molecule has 8 heteroatoms. The number of anilines is 1. The third-order valence-electron chi connectivity index (χ3n) is 3.63. The van der Waals surface area contributed by atoms with Crippen molar-refractivity contribution in [1.82, 2.24) is 15.5 Å². The topological polar surface area (TPSA) is 94.6 Å². The van der Waals surface area contributed by atoms with Gasteiger partial charge >= 0.3 is 0 Å². The summed E-state index contributed by atoms with van der Waals surface area (Å²) in [5.41, 5.74) is 1.15.